The summed E-state index contributed by atoms with van der Waals surface area (Å²) in [5, 5.41) is 60.3. The van der Waals surface area contributed by atoms with Crippen LogP contribution in [0.3, 0.4) is 0 Å². The number of hydrogen-bond donors (Lipinski definition) is 6. The van der Waals surface area contributed by atoms with Gasteiger partial charge < -0.3 is 30.6 Å². The molecule has 3 rings (SSSR count). The van der Waals surface area contributed by atoms with Crippen molar-refractivity contribution in [2.45, 2.75) is 6.92 Å². The van der Waals surface area contributed by atoms with E-state index in [-0.39, 0.29) is 33.2 Å². The van der Waals surface area contributed by atoms with Gasteiger partial charge in [-0.1, -0.05) is 12.1 Å². The van der Waals surface area contributed by atoms with E-state index in [0.29, 0.717) is 5.56 Å². The van der Waals surface area contributed by atoms with Crippen molar-refractivity contribution in [3.63, 3.8) is 0 Å². The molecule has 0 atom stereocenters. The number of hydrogen-bond acceptors (Lipinski definition) is 6. The lowest BCUT2D eigenvalue weighted by Crippen LogP contribution is -2.17. The molecule has 0 aliphatic carbocycles. The van der Waals surface area contributed by atoms with Crippen LogP contribution in [0.4, 0.5) is 0 Å². The SMILES string of the molecule is [B]c1c(O)c(O)c([B])c(-c2cc(C)cc(-c3c([B])c(O)c(O)c([B])c3O)c2)c1O. The number of aromatic hydroxyl groups is 6. The van der Waals surface area contributed by atoms with Crippen molar-refractivity contribution in [3.05, 3.63) is 23.8 Å². The van der Waals surface area contributed by atoms with E-state index in [9.17, 15) is 30.6 Å². The minimum Gasteiger partial charge on any atom is -0.508 e. The van der Waals surface area contributed by atoms with Crippen molar-refractivity contribution in [1.82, 2.24) is 0 Å². The Bertz CT molecular complexity index is 1030. The zero-order valence-electron chi connectivity index (χ0n) is 15.2. The second kappa shape index (κ2) is 6.95. The summed E-state index contributed by atoms with van der Waals surface area (Å²) in [6.07, 6.45) is 0. The fourth-order valence-electron chi connectivity index (χ4n) is 3.15. The van der Waals surface area contributed by atoms with Gasteiger partial charge in [-0.25, -0.2) is 0 Å². The summed E-state index contributed by atoms with van der Waals surface area (Å²) in [6.45, 7) is 1.70. The van der Waals surface area contributed by atoms with Crippen LogP contribution in [0.1, 0.15) is 5.56 Å². The lowest BCUT2D eigenvalue weighted by molar-refractivity contribution is 0.405. The highest BCUT2D eigenvalue weighted by Gasteiger charge is 2.22. The monoisotopic (exact) mass is 380 g/mol. The maximum Gasteiger partial charge on any atom is 0.153 e. The van der Waals surface area contributed by atoms with E-state index in [1.54, 1.807) is 19.1 Å². The smallest absolute Gasteiger partial charge is 0.153 e. The Labute approximate surface area is 171 Å². The lowest BCUT2D eigenvalue weighted by atomic mass is 9.77. The summed E-state index contributed by atoms with van der Waals surface area (Å²) in [5.74, 6) is -4.02. The van der Waals surface area contributed by atoms with Crippen molar-refractivity contribution >= 4 is 53.2 Å². The molecule has 136 valence electrons. The van der Waals surface area contributed by atoms with Gasteiger partial charge in [-0.05, 0) is 51.5 Å². The third-order valence-corrected chi connectivity index (χ3v) is 4.65. The van der Waals surface area contributed by atoms with E-state index in [2.05, 4.69) is 0 Å². The Hall–Kier alpha value is -3.28. The molecule has 10 heteroatoms. The molecule has 3 aromatic carbocycles. The minimum absolute atomic E-state index is 0.0585. The molecular formula is C19H12B4O6. The quantitative estimate of drug-likeness (QED) is 0.188. The van der Waals surface area contributed by atoms with Crippen LogP contribution in [-0.4, -0.2) is 62.0 Å². The van der Waals surface area contributed by atoms with Crippen LogP contribution < -0.4 is 21.9 Å². The van der Waals surface area contributed by atoms with E-state index < -0.39 is 45.4 Å². The third kappa shape index (κ3) is 3.05. The molecule has 0 saturated carbocycles. The highest BCUT2D eigenvalue weighted by Crippen LogP contribution is 2.38. The zero-order chi connectivity index (χ0) is 21.8. The molecular weight excluding hydrogens is 367 g/mol. The lowest BCUT2D eigenvalue weighted by Gasteiger charge is -2.19. The average Bonchev–Trinajstić information content (AvgIpc) is 2.67. The molecule has 8 radical (unpaired) electrons. The molecule has 0 heterocycles. The summed E-state index contributed by atoms with van der Waals surface area (Å²) in [4.78, 5) is 0. The molecule has 0 fully saturated rings. The Morgan fingerprint density at radius 1 is 0.483 bits per heavy atom. The molecule has 29 heavy (non-hydrogen) atoms. The van der Waals surface area contributed by atoms with Gasteiger partial charge in [-0.3, -0.25) is 0 Å². The maximum absolute atomic E-state index is 10.4. The molecule has 0 aromatic heterocycles. The molecule has 0 spiro atoms. The standard InChI is InChI=1S/C19H12B4O6/c1-5-2-6(8-10(20)16(26)18(28)12(22)14(8)24)4-7(3-5)9-11(21)17(27)19(29)13(23)15(9)25/h2-4,24-29H,1H3. The Kier molecular flexibility index (Phi) is 4.91. The van der Waals surface area contributed by atoms with Gasteiger partial charge in [-0.15, -0.1) is 0 Å². The van der Waals surface area contributed by atoms with E-state index in [0.717, 1.165) is 0 Å². The molecule has 0 amide bonds. The molecule has 0 unspecified atom stereocenters. The number of rotatable bonds is 2. The zero-order valence-corrected chi connectivity index (χ0v) is 15.2. The summed E-state index contributed by atoms with van der Waals surface area (Å²) in [5.41, 5.74) is -0.552. The van der Waals surface area contributed by atoms with Crippen LogP contribution >= 0.6 is 0 Å². The van der Waals surface area contributed by atoms with Crippen LogP contribution in [0.5, 0.6) is 34.5 Å². The summed E-state index contributed by atoms with van der Waals surface area (Å²) in [6, 6.07) is 4.64. The highest BCUT2D eigenvalue weighted by atomic mass is 16.3. The first-order valence-electron chi connectivity index (χ1n) is 8.23. The summed E-state index contributed by atoms with van der Waals surface area (Å²) >= 11 is 0. The van der Waals surface area contributed by atoms with Crippen LogP contribution in [0.2, 0.25) is 0 Å². The van der Waals surface area contributed by atoms with Crippen molar-refractivity contribution in [1.29, 1.82) is 0 Å². The van der Waals surface area contributed by atoms with Crippen molar-refractivity contribution in [2.75, 3.05) is 0 Å². The van der Waals surface area contributed by atoms with Gasteiger partial charge in [0.1, 0.15) is 54.4 Å². The van der Waals surface area contributed by atoms with Gasteiger partial charge >= 0.3 is 0 Å². The molecule has 3 aromatic rings. The molecule has 0 aliphatic heterocycles. The van der Waals surface area contributed by atoms with Gasteiger partial charge in [0.2, 0.25) is 0 Å². The van der Waals surface area contributed by atoms with E-state index >= 15 is 0 Å². The first-order valence-corrected chi connectivity index (χ1v) is 8.23. The average molecular weight is 380 g/mol. The van der Waals surface area contributed by atoms with Crippen LogP contribution in [0.25, 0.3) is 22.3 Å². The predicted octanol–water partition coefficient (Wildman–Crippen LogP) is -1.26. The second-order valence-corrected chi connectivity index (χ2v) is 6.58. The van der Waals surface area contributed by atoms with E-state index in [4.69, 9.17) is 31.4 Å². The number of phenolic OH excluding ortho intramolecular Hbond substituents is 6. The molecule has 0 aliphatic rings. The molecule has 6 nitrogen and oxygen atoms in total. The Balaban J connectivity index is 2.37. The highest BCUT2D eigenvalue weighted by molar-refractivity contribution is 6.45. The Morgan fingerprint density at radius 3 is 1.14 bits per heavy atom. The largest absolute Gasteiger partial charge is 0.508 e. The predicted molar refractivity (Wildman–Crippen MR) is 114 cm³/mol. The molecule has 0 saturated heterocycles. The maximum atomic E-state index is 10.4. The summed E-state index contributed by atoms with van der Waals surface area (Å²) < 4.78 is 0. The third-order valence-electron chi connectivity index (χ3n) is 4.65. The van der Waals surface area contributed by atoms with Crippen molar-refractivity contribution in [3.8, 4) is 56.8 Å². The first kappa shape index (κ1) is 20.5. The summed E-state index contributed by atoms with van der Waals surface area (Å²) in [7, 11) is 23.0. The number of phenols is 6. The van der Waals surface area contributed by atoms with E-state index in [1.165, 1.54) is 6.07 Å². The fraction of sp³-hybridized carbons (Fsp3) is 0.0526. The Morgan fingerprint density at radius 2 is 0.793 bits per heavy atom. The van der Waals surface area contributed by atoms with Crippen LogP contribution in [0.15, 0.2) is 18.2 Å². The van der Waals surface area contributed by atoms with Gasteiger partial charge in [0.15, 0.2) is 11.5 Å². The van der Waals surface area contributed by atoms with Crippen molar-refractivity contribution in [2.24, 2.45) is 0 Å². The van der Waals surface area contributed by atoms with Gasteiger partial charge in [-0.2, -0.15) is 0 Å². The number of benzene rings is 3. The first-order chi connectivity index (χ1) is 13.5. The fourth-order valence-corrected chi connectivity index (χ4v) is 3.15. The normalized spacial score (nSPS) is 10.9. The van der Waals surface area contributed by atoms with Gasteiger partial charge in [0, 0.05) is 11.1 Å². The topological polar surface area (TPSA) is 121 Å². The van der Waals surface area contributed by atoms with Crippen molar-refractivity contribution < 1.29 is 30.6 Å². The second-order valence-electron chi connectivity index (χ2n) is 6.58. The van der Waals surface area contributed by atoms with E-state index in [1.807, 2.05) is 0 Å². The molecule has 0 bridgehead atoms. The van der Waals surface area contributed by atoms with Crippen LogP contribution in [-0.2, 0) is 0 Å². The number of aryl methyl sites for hydroxylation is 1. The molecule has 6 N–H and O–H groups in total. The van der Waals surface area contributed by atoms with Crippen LogP contribution in [0, 0.1) is 6.92 Å². The van der Waals surface area contributed by atoms with Gasteiger partial charge in [0.05, 0.1) is 0 Å². The minimum atomic E-state index is -0.755. The van der Waals surface area contributed by atoms with Gasteiger partial charge in [0.25, 0.3) is 0 Å².